The summed E-state index contributed by atoms with van der Waals surface area (Å²) in [7, 11) is 1.50. The summed E-state index contributed by atoms with van der Waals surface area (Å²) in [5.74, 6) is 0.979. The number of rotatable bonds is 10. The number of amides is 2. The average molecular weight is 425 g/mol. The van der Waals surface area contributed by atoms with Gasteiger partial charge in [-0.15, -0.1) is 0 Å². The number of nitrogens with zero attached hydrogens (tertiary/aromatic N) is 1. The molecular formula is C23H27N3O5. The number of hydrogen-bond donors (Lipinski definition) is 2. The second-order valence-electron chi connectivity index (χ2n) is 7.17. The van der Waals surface area contributed by atoms with Crippen LogP contribution >= 0.6 is 0 Å². The summed E-state index contributed by atoms with van der Waals surface area (Å²) in [4.78, 5) is 24.2. The van der Waals surface area contributed by atoms with Gasteiger partial charge < -0.3 is 14.2 Å². The number of carbonyl (C=O) groups excluding carboxylic acids is 2. The van der Waals surface area contributed by atoms with Gasteiger partial charge in [0.1, 0.15) is 5.75 Å². The minimum Gasteiger partial charge on any atom is -0.493 e. The Kier molecular flexibility index (Phi) is 9.17. The lowest BCUT2D eigenvalue weighted by atomic mass is 10.1. The number of hydrogen-bond acceptors (Lipinski definition) is 6. The maximum absolute atomic E-state index is 12.3. The van der Waals surface area contributed by atoms with Crippen LogP contribution in [0.1, 0.15) is 36.2 Å². The van der Waals surface area contributed by atoms with Gasteiger partial charge in [-0.05, 0) is 48.2 Å². The first-order valence-electron chi connectivity index (χ1n) is 9.91. The molecule has 0 aliphatic rings. The minimum atomic E-state index is -0.518. The van der Waals surface area contributed by atoms with Gasteiger partial charge in [-0.3, -0.25) is 20.4 Å². The molecule has 2 aromatic carbocycles. The molecule has 0 aliphatic heterocycles. The Hall–Kier alpha value is -3.73. The highest BCUT2D eigenvalue weighted by molar-refractivity contribution is 5.96. The molecule has 0 fully saturated rings. The molecule has 8 nitrogen and oxygen atoms in total. The second kappa shape index (κ2) is 12.1. The van der Waals surface area contributed by atoms with Crippen LogP contribution in [0.2, 0.25) is 0 Å². The molecule has 0 saturated carbocycles. The molecular weight excluding hydrogens is 398 g/mol. The molecule has 2 N–H and O–H groups in total. The summed E-state index contributed by atoms with van der Waals surface area (Å²) >= 11 is 0. The second-order valence-corrected chi connectivity index (χ2v) is 7.17. The van der Waals surface area contributed by atoms with Gasteiger partial charge in [0.2, 0.25) is 0 Å². The van der Waals surface area contributed by atoms with Crippen molar-refractivity contribution in [3.05, 3.63) is 53.6 Å². The zero-order valence-electron chi connectivity index (χ0n) is 17.9. The molecule has 2 rings (SSSR count). The number of methoxy groups -OCH3 is 1. The van der Waals surface area contributed by atoms with Gasteiger partial charge >= 0.3 is 0 Å². The Labute approximate surface area is 182 Å². The van der Waals surface area contributed by atoms with Crippen molar-refractivity contribution < 1.29 is 23.8 Å². The third-order valence-electron chi connectivity index (χ3n) is 4.27. The summed E-state index contributed by atoms with van der Waals surface area (Å²) in [6, 6.07) is 13.7. The number of carbonyl (C=O) groups is 2. The normalized spacial score (nSPS) is 10.2. The molecule has 0 heterocycles. The number of ether oxygens (including phenoxy) is 3. The van der Waals surface area contributed by atoms with E-state index in [2.05, 4.69) is 30.8 Å². The van der Waals surface area contributed by atoms with Crippen molar-refractivity contribution in [2.24, 2.45) is 5.92 Å². The van der Waals surface area contributed by atoms with Crippen LogP contribution in [0.4, 0.5) is 0 Å². The fourth-order valence-corrected chi connectivity index (χ4v) is 2.51. The molecule has 0 aromatic heterocycles. The zero-order chi connectivity index (χ0) is 22.6. The van der Waals surface area contributed by atoms with Crippen molar-refractivity contribution >= 4 is 11.8 Å². The molecule has 0 spiro atoms. The Bertz CT molecular complexity index is 920. The summed E-state index contributed by atoms with van der Waals surface area (Å²) in [5.41, 5.74) is 5.81. The average Bonchev–Trinajstić information content (AvgIpc) is 2.77. The highest BCUT2D eigenvalue weighted by Gasteiger charge is 2.12. The fraction of sp³-hybridized carbons (Fsp3) is 0.348. The maximum Gasteiger partial charge on any atom is 0.276 e. The van der Waals surface area contributed by atoms with E-state index in [0.29, 0.717) is 41.8 Å². The van der Waals surface area contributed by atoms with Crippen LogP contribution in [-0.2, 0) is 11.2 Å². The van der Waals surface area contributed by atoms with Gasteiger partial charge in [0, 0.05) is 5.56 Å². The maximum atomic E-state index is 12.3. The van der Waals surface area contributed by atoms with Crippen LogP contribution in [0.3, 0.4) is 0 Å². The lowest BCUT2D eigenvalue weighted by Gasteiger charge is -2.13. The molecule has 0 unspecified atom stereocenters. The van der Waals surface area contributed by atoms with Crippen molar-refractivity contribution in [2.75, 3.05) is 20.3 Å². The first-order chi connectivity index (χ1) is 14.9. The van der Waals surface area contributed by atoms with E-state index in [1.807, 2.05) is 0 Å². The van der Waals surface area contributed by atoms with Crippen molar-refractivity contribution in [2.45, 2.75) is 26.7 Å². The van der Waals surface area contributed by atoms with Crippen LogP contribution in [0.5, 0.6) is 17.2 Å². The molecule has 8 heteroatoms. The molecule has 0 atom stereocenters. The highest BCUT2D eigenvalue weighted by Crippen LogP contribution is 2.28. The molecule has 0 radical (unpaired) electrons. The van der Waals surface area contributed by atoms with Crippen molar-refractivity contribution in [1.29, 1.82) is 5.26 Å². The van der Waals surface area contributed by atoms with Crippen LogP contribution in [-0.4, -0.2) is 32.1 Å². The topological polar surface area (TPSA) is 110 Å². The lowest BCUT2D eigenvalue weighted by molar-refractivity contribution is -0.123. The SMILES string of the molecule is COc1cc(C(=O)NNC(=O)COc2ccc(CC#N)cc2)ccc1OCCC(C)C. The quantitative estimate of drug-likeness (QED) is 0.566. The third-order valence-corrected chi connectivity index (χ3v) is 4.27. The smallest absolute Gasteiger partial charge is 0.276 e. The van der Waals surface area contributed by atoms with E-state index in [4.69, 9.17) is 19.5 Å². The largest absolute Gasteiger partial charge is 0.493 e. The van der Waals surface area contributed by atoms with Gasteiger partial charge in [-0.2, -0.15) is 5.26 Å². The fourth-order valence-electron chi connectivity index (χ4n) is 2.51. The van der Waals surface area contributed by atoms with E-state index >= 15 is 0 Å². The Morgan fingerprint density at radius 3 is 2.42 bits per heavy atom. The van der Waals surface area contributed by atoms with Gasteiger partial charge in [0.25, 0.3) is 11.8 Å². The standard InChI is InChI=1S/C23H27N3O5/c1-16(2)11-13-30-20-9-6-18(14-21(20)29-3)23(28)26-25-22(27)15-31-19-7-4-17(5-8-19)10-12-24/h4-9,14,16H,10-11,13,15H2,1-3H3,(H,25,27)(H,26,28). The van der Waals surface area contributed by atoms with Gasteiger partial charge in [0.05, 0.1) is 26.2 Å². The molecule has 2 aromatic rings. The van der Waals surface area contributed by atoms with E-state index in [1.165, 1.54) is 7.11 Å². The van der Waals surface area contributed by atoms with Crippen molar-refractivity contribution in [3.63, 3.8) is 0 Å². The lowest BCUT2D eigenvalue weighted by Crippen LogP contribution is -2.43. The van der Waals surface area contributed by atoms with Crippen LogP contribution in [0.15, 0.2) is 42.5 Å². The Balaban J connectivity index is 1.82. The molecule has 0 saturated heterocycles. The number of hydrazine groups is 1. The Morgan fingerprint density at radius 2 is 1.77 bits per heavy atom. The summed E-state index contributed by atoms with van der Waals surface area (Å²) < 4.78 is 16.4. The first-order valence-corrected chi connectivity index (χ1v) is 9.91. The monoisotopic (exact) mass is 425 g/mol. The van der Waals surface area contributed by atoms with Crippen LogP contribution < -0.4 is 25.1 Å². The molecule has 2 amide bonds. The summed E-state index contributed by atoms with van der Waals surface area (Å²) in [6.45, 7) is 4.50. The summed E-state index contributed by atoms with van der Waals surface area (Å²) in [5, 5.41) is 8.66. The molecule has 0 aliphatic carbocycles. The van der Waals surface area contributed by atoms with Crippen LogP contribution in [0, 0.1) is 17.2 Å². The third kappa shape index (κ3) is 7.90. The number of nitrogens with one attached hydrogen (secondary N) is 2. The van der Waals surface area contributed by atoms with E-state index in [9.17, 15) is 9.59 Å². The van der Waals surface area contributed by atoms with Gasteiger partial charge in [-0.25, -0.2) is 0 Å². The van der Waals surface area contributed by atoms with Gasteiger partial charge in [0.15, 0.2) is 18.1 Å². The molecule has 0 bridgehead atoms. The van der Waals surface area contributed by atoms with E-state index in [0.717, 1.165) is 12.0 Å². The van der Waals surface area contributed by atoms with E-state index < -0.39 is 11.8 Å². The van der Waals surface area contributed by atoms with Crippen molar-refractivity contribution in [1.82, 2.24) is 10.9 Å². The van der Waals surface area contributed by atoms with Crippen LogP contribution in [0.25, 0.3) is 0 Å². The molecule has 164 valence electrons. The zero-order valence-corrected chi connectivity index (χ0v) is 17.9. The number of benzene rings is 2. The van der Waals surface area contributed by atoms with Gasteiger partial charge in [-0.1, -0.05) is 26.0 Å². The molecule has 31 heavy (non-hydrogen) atoms. The van der Waals surface area contributed by atoms with Crippen molar-refractivity contribution in [3.8, 4) is 23.3 Å². The van der Waals surface area contributed by atoms with E-state index in [-0.39, 0.29) is 6.61 Å². The summed E-state index contributed by atoms with van der Waals surface area (Å²) in [6.07, 6.45) is 1.21. The van der Waals surface area contributed by atoms with E-state index in [1.54, 1.807) is 42.5 Å². The predicted molar refractivity (Wildman–Crippen MR) is 115 cm³/mol. The number of nitriles is 1. The first kappa shape index (κ1) is 23.5. The minimum absolute atomic E-state index is 0.274. The Morgan fingerprint density at radius 1 is 1.03 bits per heavy atom. The predicted octanol–water partition coefficient (Wildman–Crippen LogP) is 3.03. The highest BCUT2D eigenvalue weighted by atomic mass is 16.5.